The van der Waals surface area contributed by atoms with Gasteiger partial charge in [-0.25, -0.2) is 0 Å². The molecular formula is C12H9ClN2O5S. The van der Waals surface area contributed by atoms with Crippen LogP contribution in [0.5, 0.6) is 0 Å². The summed E-state index contributed by atoms with van der Waals surface area (Å²) in [5.41, 5.74) is -0.248. The largest absolute Gasteiger partial charge is 0.286 e. The maximum atomic E-state index is 12.2. The summed E-state index contributed by atoms with van der Waals surface area (Å²) >= 11 is 5.68. The molecule has 0 fully saturated rings. The van der Waals surface area contributed by atoms with Crippen molar-refractivity contribution in [1.29, 1.82) is 0 Å². The standard InChI is InChI=1S/C12H9ClN2O5S/c13-9-1-3-11(4-2-9)15(18)21(19,20)12-7-5-10(6-8-12)14(16)17/h1-8,18H. The van der Waals surface area contributed by atoms with Crippen LogP contribution in [-0.4, -0.2) is 18.5 Å². The summed E-state index contributed by atoms with van der Waals surface area (Å²) in [4.78, 5) is 9.61. The second-order valence-corrected chi connectivity index (χ2v) is 6.18. The van der Waals surface area contributed by atoms with Gasteiger partial charge < -0.3 is 0 Å². The highest BCUT2D eigenvalue weighted by molar-refractivity contribution is 7.92. The highest BCUT2D eigenvalue weighted by Crippen LogP contribution is 2.24. The molecule has 0 aliphatic rings. The Bertz CT molecular complexity index is 759. The molecule has 2 aromatic carbocycles. The number of anilines is 1. The van der Waals surface area contributed by atoms with Gasteiger partial charge in [-0.2, -0.15) is 8.42 Å². The number of non-ortho nitro benzene ring substituents is 1. The third-order valence-electron chi connectivity index (χ3n) is 2.62. The van der Waals surface area contributed by atoms with Crippen LogP contribution in [0.3, 0.4) is 0 Å². The van der Waals surface area contributed by atoms with E-state index in [-0.39, 0.29) is 20.7 Å². The molecule has 110 valence electrons. The summed E-state index contributed by atoms with van der Waals surface area (Å²) in [6.45, 7) is 0. The van der Waals surface area contributed by atoms with Crippen LogP contribution in [0.25, 0.3) is 0 Å². The van der Waals surface area contributed by atoms with E-state index in [1.807, 2.05) is 0 Å². The zero-order valence-corrected chi connectivity index (χ0v) is 12.0. The van der Waals surface area contributed by atoms with Gasteiger partial charge in [-0.3, -0.25) is 15.3 Å². The van der Waals surface area contributed by atoms with Crippen molar-refractivity contribution < 1.29 is 18.5 Å². The number of hydrogen-bond donors (Lipinski definition) is 1. The third-order valence-corrected chi connectivity index (χ3v) is 4.41. The molecule has 0 aromatic heterocycles. The monoisotopic (exact) mass is 328 g/mol. The van der Waals surface area contributed by atoms with E-state index in [1.54, 1.807) is 0 Å². The molecule has 9 heteroatoms. The number of hydrogen-bond acceptors (Lipinski definition) is 5. The van der Waals surface area contributed by atoms with E-state index in [1.165, 1.54) is 24.3 Å². The van der Waals surface area contributed by atoms with E-state index in [9.17, 15) is 23.7 Å². The van der Waals surface area contributed by atoms with Crippen LogP contribution in [0, 0.1) is 10.1 Å². The average molecular weight is 329 g/mol. The molecule has 0 saturated heterocycles. The highest BCUT2D eigenvalue weighted by Gasteiger charge is 2.24. The first-order valence-corrected chi connectivity index (χ1v) is 7.38. The van der Waals surface area contributed by atoms with E-state index >= 15 is 0 Å². The van der Waals surface area contributed by atoms with Crippen LogP contribution in [0.4, 0.5) is 11.4 Å². The van der Waals surface area contributed by atoms with Crippen LogP contribution < -0.4 is 4.47 Å². The molecule has 0 atom stereocenters. The Labute approximate surface area is 125 Å². The lowest BCUT2D eigenvalue weighted by Gasteiger charge is -2.16. The number of nitrogens with zero attached hydrogens (tertiary/aromatic N) is 2. The van der Waals surface area contributed by atoms with E-state index in [4.69, 9.17) is 11.6 Å². The van der Waals surface area contributed by atoms with Crippen LogP contribution in [0.1, 0.15) is 0 Å². The Morgan fingerprint density at radius 3 is 2.05 bits per heavy atom. The Balaban J connectivity index is 2.36. The topological polar surface area (TPSA) is 101 Å². The van der Waals surface area contributed by atoms with E-state index in [0.29, 0.717) is 5.02 Å². The lowest BCUT2D eigenvalue weighted by Crippen LogP contribution is -2.27. The van der Waals surface area contributed by atoms with Gasteiger partial charge in [0.25, 0.3) is 15.7 Å². The van der Waals surface area contributed by atoms with Crippen molar-refractivity contribution >= 4 is 33.0 Å². The minimum Gasteiger partial charge on any atom is -0.274 e. The van der Waals surface area contributed by atoms with Crippen molar-refractivity contribution in [2.24, 2.45) is 0 Å². The van der Waals surface area contributed by atoms with Gasteiger partial charge in [-0.1, -0.05) is 11.6 Å². The van der Waals surface area contributed by atoms with Crippen molar-refractivity contribution in [2.45, 2.75) is 4.90 Å². The van der Waals surface area contributed by atoms with Gasteiger partial charge in [-0.15, -0.1) is 4.47 Å². The highest BCUT2D eigenvalue weighted by atomic mass is 35.5. The Morgan fingerprint density at radius 2 is 1.57 bits per heavy atom. The number of nitro benzene ring substituents is 1. The number of rotatable bonds is 4. The van der Waals surface area contributed by atoms with Gasteiger partial charge in [0.05, 0.1) is 15.5 Å². The van der Waals surface area contributed by atoms with Gasteiger partial charge >= 0.3 is 0 Å². The molecule has 0 amide bonds. The van der Waals surface area contributed by atoms with Gasteiger partial charge in [0.15, 0.2) is 0 Å². The molecule has 1 N–H and O–H groups in total. The van der Waals surface area contributed by atoms with Crippen LogP contribution in [0.15, 0.2) is 53.4 Å². The summed E-state index contributed by atoms with van der Waals surface area (Å²) in [5, 5.41) is 20.8. The number of sulfonamides is 1. The van der Waals surface area contributed by atoms with E-state index in [0.717, 1.165) is 24.3 Å². The minimum absolute atomic E-state index is 0.00208. The molecule has 21 heavy (non-hydrogen) atoms. The number of nitro groups is 1. The third kappa shape index (κ3) is 3.13. The first-order valence-electron chi connectivity index (χ1n) is 5.56. The fraction of sp³-hybridized carbons (Fsp3) is 0. The first-order chi connectivity index (χ1) is 9.82. The minimum atomic E-state index is -4.22. The summed E-state index contributed by atoms with van der Waals surface area (Å²) in [6, 6.07) is 9.68. The van der Waals surface area contributed by atoms with Crippen molar-refractivity contribution in [3.8, 4) is 0 Å². The molecule has 7 nitrogen and oxygen atoms in total. The SMILES string of the molecule is O=[N+]([O-])c1ccc(S(=O)(=O)N(O)c2ccc(Cl)cc2)cc1. The first kappa shape index (κ1) is 15.2. The summed E-state index contributed by atoms with van der Waals surface area (Å²) < 4.78 is 24.4. The molecular weight excluding hydrogens is 320 g/mol. The normalized spacial score (nSPS) is 11.1. The van der Waals surface area contributed by atoms with Crippen molar-refractivity contribution in [2.75, 3.05) is 4.47 Å². The Morgan fingerprint density at radius 1 is 1.05 bits per heavy atom. The molecule has 2 aromatic rings. The zero-order chi connectivity index (χ0) is 15.6. The predicted octanol–water partition coefficient (Wildman–Crippen LogP) is 2.83. The average Bonchev–Trinajstić information content (AvgIpc) is 2.47. The van der Waals surface area contributed by atoms with E-state index in [2.05, 4.69) is 0 Å². The molecule has 0 bridgehead atoms. The zero-order valence-electron chi connectivity index (χ0n) is 10.4. The van der Waals surface area contributed by atoms with Crippen LogP contribution in [0.2, 0.25) is 5.02 Å². The lowest BCUT2D eigenvalue weighted by atomic mass is 10.3. The molecule has 0 spiro atoms. The second kappa shape index (κ2) is 5.68. The van der Waals surface area contributed by atoms with Crippen molar-refractivity contribution in [3.63, 3.8) is 0 Å². The molecule has 0 unspecified atom stereocenters. The fourth-order valence-electron chi connectivity index (χ4n) is 1.55. The quantitative estimate of drug-likeness (QED) is 0.687. The Kier molecular flexibility index (Phi) is 4.12. The fourth-order valence-corrected chi connectivity index (χ4v) is 2.75. The Hall–Kier alpha value is -2.16. The molecule has 2 rings (SSSR count). The molecule has 0 heterocycles. The number of halogens is 1. The van der Waals surface area contributed by atoms with Gasteiger partial charge in [-0.05, 0) is 36.4 Å². The van der Waals surface area contributed by atoms with E-state index < -0.39 is 14.9 Å². The van der Waals surface area contributed by atoms with Crippen LogP contribution in [-0.2, 0) is 10.0 Å². The van der Waals surface area contributed by atoms with Gasteiger partial charge in [0, 0.05) is 17.2 Å². The predicted molar refractivity (Wildman–Crippen MR) is 76.0 cm³/mol. The summed E-state index contributed by atoms with van der Waals surface area (Å²) in [7, 11) is -4.22. The number of benzene rings is 2. The summed E-state index contributed by atoms with van der Waals surface area (Å²) in [5.74, 6) is 0. The molecule has 0 aliphatic carbocycles. The van der Waals surface area contributed by atoms with Crippen molar-refractivity contribution in [1.82, 2.24) is 0 Å². The lowest BCUT2D eigenvalue weighted by molar-refractivity contribution is -0.384. The smallest absolute Gasteiger partial charge is 0.274 e. The van der Waals surface area contributed by atoms with Crippen LogP contribution >= 0.6 is 11.6 Å². The maximum absolute atomic E-state index is 12.2. The molecule has 0 aliphatic heterocycles. The van der Waals surface area contributed by atoms with Crippen molar-refractivity contribution in [3.05, 3.63) is 63.7 Å². The summed E-state index contributed by atoms with van der Waals surface area (Å²) in [6.07, 6.45) is 0. The maximum Gasteiger partial charge on any atom is 0.286 e. The van der Waals surface area contributed by atoms with Gasteiger partial charge in [0.2, 0.25) is 0 Å². The van der Waals surface area contributed by atoms with Gasteiger partial charge in [0.1, 0.15) is 0 Å². The molecule has 0 saturated carbocycles. The second-order valence-electron chi connectivity index (χ2n) is 3.98. The molecule has 0 radical (unpaired) electrons.